The molecule has 0 aliphatic rings. The van der Waals surface area contributed by atoms with E-state index in [1.54, 1.807) is 6.92 Å². The summed E-state index contributed by atoms with van der Waals surface area (Å²) < 4.78 is 10.2. The average molecular weight is 307 g/mol. The number of esters is 1. The maximum absolute atomic E-state index is 11.7. The van der Waals surface area contributed by atoms with Crippen LogP contribution in [0.15, 0.2) is 30.3 Å². The van der Waals surface area contributed by atoms with E-state index in [-0.39, 0.29) is 6.61 Å². The van der Waals surface area contributed by atoms with Crippen molar-refractivity contribution in [2.45, 2.75) is 46.3 Å². The van der Waals surface area contributed by atoms with Crippen LogP contribution in [0.25, 0.3) is 0 Å². The highest BCUT2D eigenvalue weighted by molar-refractivity contribution is 5.80. The second-order valence-corrected chi connectivity index (χ2v) is 5.63. The molecule has 1 amide bonds. The highest BCUT2D eigenvalue weighted by atomic mass is 16.6. The van der Waals surface area contributed by atoms with E-state index in [1.165, 1.54) is 0 Å². The molecule has 0 aliphatic heterocycles. The molecule has 1 aromatic carbocycles. The van der Waals surface area contributed by atoms with Gasteiger partial charge in [0.25, 0.3) is 0 Å². The van der Waals surface area contributed by atoms with E-state index in [4.69, 9.17) is 9.47 Å². The minimum atomic E-state index is -0.720. The molecule has 1 N–H and O–H groups in total. The number of hydrogen-bond acceptors (Lipinski definition) is 4. The zero-order chi connectivity index (χ0) is 16.4. The Kier molecular flexibility index (Phi) is 8.04. The van der Waals surface area contributed by atoms with E-state index >= 15 is 0 Å². The molecule has 0 fully saturated rings. The van der Waals surface area contributed by atoms with Crippen LogP contribution in [0.2, 0.25) is 0 Å². The summed E-state index contributed by atoms with van der Waals surface area (Å²) in [6, 6.07) is 8.63. The molecule has 0 saturated heterocycles. The molecule has 0 aliphatic carbocycles. The van der Waals surface area contributed by atoms with Gasteiger partial charge in [-0.3, -0.25) is 0 Å². The Bertz CT molecular complexity index is 459. The summed E-state index contributed by atoms with van der Waals surface area (Å²) in [4.78, 5) is 23.3. The summed E-state index contributed by atoms with van der Waals surface area (Å²) in [5.41, 5.74) is 0.890. The summed E-state index contributed by atoms with van der Waals surface area (Å²) in [5, 5.41) is 2.46. The highest BCUT2D eigenvalue weighted by Crippen LogP contribution is 2.04. The Morgan fingerprint density at radius 2 is 1.77 bits per heavy atom. The largest absolute Gasteiger partial charge is 0.464 e. The van der Waals surface area contributed by atoms with Crippen molar-refractivity contribution in [1.82, 2.24) is 5.32 Å². The summed E-state index contributed by atoms with van der Waals surface area (Å²) >= 11 is 0. The molecule has 5 heteroatoms. The second kappa shape index (κ2) is 9.82. The Morgan fingerprint density at radius 1 is 1.09 bits per heavy atom. The highest BCUT2D eigenvalue weighted by Gasteiger charge is 2.17. The zero-order valence-corrected chi connectivity index (χ0v) is 13.5. The first-order valence-corrected chi connectivity index (χ1v) is 7.63. The quantitative estimate of drug-likeness (QED) is 0.591. The van der Waals surface area contributed by atoms with Gasteiger partial charge in [-0.1, -0.05) is 44.2 Å². The van der Waals surface area contributed by atoms with Crippen LogP contribution in [-0.4, -0.2) is 24.7 Å². The summed E-state index contributed by atoms with van der Waals surface area (Å²) in [7, 11) is 0. The normalized spacial score (nSPS) is 11.8. The van der Waals surface area contributed by atoms with E-state index in [9.17, 15) is 9.59 Å². The lowest BCUT2D eigenvalue weighted by Crippen LogP contribution is -2.39. The molecule has 0 heterocycles. The Hall–Kier alpha value is -2.04. The van der Waals surface area contributed by atoms with Gasteiger partial charge >= 0.3 is 12.1 Å². The number of rotatable bonds is 8. The first-order chi connectivity index (χ1) is 10.5. The Morgan fingerprint density at radius 3 is 2.41 bits per heavy atom. The second-order valence-electron chi connectivity index (χ2n) is 5.63. The Labute approximate surface area is 132 Å². The number of amides is 1. The van der Waals surface area contributed by atoms with Crippen molar-refractivity contribution in [2.24, 2.45) is 5.92 Å². The number of carbonyl (C=O) groups is 2. The van der Waals surface area contributed by atoms with Gasteiger partial charge in [0, 0.05) is 0 Å². The van der Waals surface area contributed by atoms with Crippen LogP contribution in [0.5, 0.6) is 0 Å². The SMILES string of the molecule is CC(C)CCCOC(=O)[C@H](C)NC(=O)OCc1ccccc1. The molecule has 0 bridgehead atoms. The van der Waals surface area contributed by atoms with E-state index in [0.717, 1.165) is 18.4 Å². The molecule has 1 rings (SSSR count). The van der Waals surface area contributed by atoms with Crippen LogP contribution in [0.3, 0.4) is 0 Å². The lowest BCUT2D eigenvalue weighted by atomic mass is 10.1. The van der Waals surface area contributed by atoms with Crippen LogP contribution < -0.4 is 5.32 Å². The molecule has 0 radical (unpaired) electrons. The molecule has 122 valence electrons. The Balaban J connectivity index is 2.21. The van der Waals surface area contributed by atoms with Gasteiger partial charge in [0.1, 0.15) is 12.6 Å². The van der Waals surface area contributed by atoms with Crippen molar-refractivity contribution in [3.63, 3.8) is 0 Å². The van der Waals surface area contributed by atoms with Gasteiger partial charge in [-0.25, -0.2) is 9.59 Å². The number of benzene rings is 1. The molecule has 1 aromatic rings. The van der Waals surface area contributed by atoms with E-state index in [1.807, 2.05) is 30.3 Å². The van der Waals surface area contributed by atoms with Crippen molar-refractivity contribution >= 4 is 12.1 Å². The van der Waals surface area contributed by atoms with Crippen molar-refractivity contribution in [2.75, 3.05) is 6.61 Å². The van der Waals surface area contributed by atoms with Gasteiger partial charge in [-0.2, -0.15) is 0 Å². The average Bonchev–Trinajstić information content (AvgIpc) is 2.50. The smallest absolute Gasteiger partial charge is 0.408 e. The van der Waals surface area contributed by atoms with E-state index in [0.29, 0.717) is 12.5 Å². The lowest BCUT2D eigenvalue weighted by Gasteiger charge is -2.14. The van der Waals surface area contributed by atoms with Crippen LogP contribution in [0.4, 0.5) is 4.79 Å². The first-order valence-electron chi connectivity index (χ1n) is 7.63. The standard InChI is InChI=1S/C17H25NO4/c1-13(2)8-7-11-21-16(19)14(3)18-17(20)22-12-15-9-5-4-6-10-15/h4-6,9-10,13-14H,7-8,11-12H2,1-3H3,(H,18,20)/t14-/m0/s1. The van der Waals surface area contributed by atoms with E-state index < -0.39 is 18.1 Å². The third-order valence-corrected chi connectivity index (χ3v) is 3.07. The molecule has 1 atom stereocenters. The van der Waals surface area contributed by atoms with Crippen LogP contribution in [-0.2, 0) is 20.9 Å². The number of nitrogens with one attached hydrogen (secondary N) is 1. The maximum atomic E-state index is 11.7. The number of ether oxygens (including phenoxy) is 2. The monoisotopic (exact) mass is 307 g/mol. The molecule has 0 saturated carbocycles. The number of alkyl carbamates (subject to hydrolysis) is 1. The molecular formula is C17H25NO4. The molecule has 5 nitrogen and oxygen atoms in total. The van der Waals surface area contributed by atoms with Gasteiger partial charge in [-0.15, -0.1) is 0 Å². The number of carbonyl (C=O) groups excluding carboxylic acids is 2. The molecule has 0 unspecified atom stereocenters. The first kappa shape index (κ1) is 18.0. The summed E-state index contributed by atoms with van der Waals surface area (Å²) in [5.74, 6) is 0.141. The fourth-order valence-electron chi connectivity index (χ4n) is 1.79. The van der Waals surface area contributed by atoms with Crippen LogP contribution in [0, 0.1) is 5.92 Å². The van der Waals surface area contributed by atoms with Crippen LogP contribution in [0.1, 0.15) is 39.2 Å². The fourth-order valence-corrected chi connectivity index (χ4v) is 1.79. The van der Waals surface area contributed by atoms with Gasteiger partial charge in [0.15, 0.2) is 0 Å². The third kappa shape index (κ3) is 7.67. The van der Waals surface area contributed by atoms with E-state index in [2.05, 4.69) is 19.2 Å². The van der Waals surface area contributed by atoms with Crippen LogP contribution >= 0.6 is 0 Å². The van der Waals surface area contributed by atoms with Crippen molar-refractivity contribution in [1.29, 1.82) is 0 Å². The maximum Gasteiger partial charge on any atom is 0.408 e. The lowest BCUT2D eigenvalue weighted by molar-refractivity contribution is -0.145. The molecular weight excluding hydrogens is 282 g/mol. The van der Waals surface area contributed by atoms with Crippen molar-refractivity contribution in [3.8, 4) is 0 Å². The molecule has 0 spiro atoms. The summed E-state index contributed by atoms with van der Waals surface area (Å²) in [6.45, 7) is 6.36. The molecule has 0 aromatic heterocycles. The topological polar surface area (TPSA) is 64.6 Å². The van der Waals surface area contributed by atoms with Crippen molar-refractivity contribution < 1.29 is 19.1 Å². The summed E-state index contributed by atoms with van der Waals surface area (Å²) in [6.07, 6.45) is 1.21. The van der Waals surface area contributed by atoms with Gasteiger partial charge in [0.2, 0.25) is 0 Å². The predicted molar refractivity (Wildman–Crippen MR) is 84.3 cm³/mol. The van der Waals surface area contributed by atoms with Gasteiger partial charge in [-0.05, 0) is 31.2 Å². The van der Waals surface area contributed by atoms with Crippen molar-refractivity contribution in [3.05, 3.63) is 35.9 Å². The number of hydrogen-bond donors (Lipinski definition) is 1. The van der Waals surface area contributed by atoms with Gasteiger partial charge < -0.3 is 14.8 Å². The zero-order valence-electron chi connectivity index (χ0n) is 13.5. The predicted octanol–water partition coefficient (Wildman–Crippen LogP) is 3.28. The molecule has 22 heavy (non-hydrogen) atoms. The minimum Gasteiger partial charge on any atom is -0.464 e. The minimum absolute atomic E-state index is 0.169. The third-order valence-electron chi connectivity index (χ3n) is 3.07. The fraction of sp³-hybridized carbons (Fsp3) is 0.529. The van der Waals surface area contributed by atoms with Gasteiger partial charge in [0.05, 0.1) is 6.61 Å².